The molecule has 1 saturated carbocycles. The van der Waals surface area contributed by atoms with Crippen LogP contribution >= 0.6 is 0 Å². The molecule has 0 spiro atoms. The van der Waals surface area contributed by atoms with Crippen LogP contribution in [0.5, 0.6) is 0 Å². The van der Waals surface area contributed by atoms with Crippen LogP contribution in [0, 0.1) is 11.3 Å². The van der Waals surface area contributed by atoms with E-state index in [0.29, 0.717) is 11.5 Å². The summed E-state index contributed by atoms with van der Waals surface area (Å²) in [6, 6.07) is 1.35. The second kappa shape index (κ2) is 6.58. The molecule has 0 heterocycles. The normalized spacial score (nSPS) is 27.8. The van der Waals surface area contributed by atoms with Crippen LogP contribution < -0.4 is 5.32 Å². The SMILES string of the molecule is C=CCCC(C)NC1CCCCC1C(C)(C)C. The lowest BCUT2D eigenvalue weighted by Gasteiger charge is -2.42. The van der Waals surface area contributed by atoms with E-state index in [4.69, 9.17) is 0 Å². The molecule has 1 heteroatoms. The maximum absolute atomic E-state index is 3.86. The summed E-state index contributed by atoms with van der Waals surface area (Å²) in [6.07, 6.45) is 9.95. The molecule has 0 saturated heterocycles. The van der Waals surface area contributed by atoms with Crippen LogP contribution in [0.15, 0.2) is 12.7 Å². The Morgan fingerprint density at radius 3 is 2.53 bits per heavy atom. The van der Waals surface area contributed by atoms with Crippen molar-refractivity contribution in [2.45, 2.75) is 78.3 Å². The van der Waals surface area contributed by atoms with E-state index in [9.17, 15) is 0 Å². The summed E-state index contributed by atoms with van der Waals surface area (Å²) in [5, 5.41) is 3.86. The zero-order valence-corrected chi connectivity index (χ0v) is 12.3. The van der Waals surface area contributed by atoms with E-state index in [1.54, 1.807) is 0 Å². The topological polar surface area (TPSA) is 12.0 Å². The minimum Gasteiger partial charge on any atom is -0.311 e. The molecule has 1 fully saturated rings. The highest BCUT2D eigenvalue weighted by Gasteiger charge is 2.34. The lowest BCUT2D eigenvalue weighted by Crippen LogP contribution is -2.47. The van der Waals surface area contributed by atoms with E-state index in [-0.39, 0.29) is 0 Å². The molecule has 0 bridgehead atoms. The molecule has 3 unspecified atom stereocenters. The predicted octanol–water partition coefficient (Wildman–Crippen LogP) is 4.54. The van der Waals surface area contributed by atoms with Crippen molar-refractivity contribution in [3.63, 3.8) is 0 Å². The third kappa shape index (κ3) is 4.83. The summed E-state index contributed by atoms with van der Waals surface area (Å²) in [5.41, 5.74) is 0.441. The van der Waals surface area contributed by atoms with E-state index in [0.717, 1.165) is 18.4 Å². The van der Waals surface area contributed by atoms with Crippen LogP contribution in [0.25, 0.3) is 0 Å². The van der Waals surface area contributed by atoms with Crippen molar-refractivity contribution in [3.8, 4) is 0 Å². The fourth-order valence-corrected chi connectivity index (χ4v) is 3.18. The van der Waals surface area contributed by atoms with Gasteiger partial charge in [0.15, 0.2) is 0 Å². The molecule has 1 aliphatic rings. The van der Waals surface area contributed by atoms with Crippen molar-refractivity contribution in [2.75, 3.05) is 0 Å². The molecule has 0 amide bonds. The number of allylic oxidation sites excluding steroid dienone is 1. The smallest absolute Gasteiger partial charge is 0.0103 e. The fourth-order valence-electron chi connectivity index (χ4n) is 3.18. The summed E-state index contributed by atoms with van der Waals surface area (Å²) in [5.74, 6) is 0.836. The number of hydrogen-bond acceptors (Lipinski definition) is 1. The molecule has 1 rings (SSSR count). The van der Waals surface area contributed by atoms with Crippen molar-refractivity contribution in [3.05, 3.63) is 12.7 Å². The first-order chi connectivity index (χ1) is 7.95. The standard InChI is InChI=1S/C16H31N/c1-6-7-10-13(2)17-15-12-9-8-11-14(15)16(3,4)5/h6,13-15,17H,1,7-12H2,2-5H3. The Labute approximate surface area is 108 Å². The van der Waals surface area contributed by atoms with Gasteiger partial charge in [-0.2, -0.15) is 0 Å². The van der Waals surface area contributed by atoms with Gasteiger partial charge in [-0.15, -0.1) is 6.58 Å². The summed E-state index contributed by atoms with van der Waals surface area (Å²) >= 11 is 0. The average Bonchev–Trinajstić information content (AvgIpc) is 2.25. The maximum Gasteiger partial charge on any atom is 0.0103 e. The van der Waals surface area contributed by atoms with Crippen LogP contribution in [0.3, 0.4) is 0 Å². The Balaban J connectivity index is 2.50. The highest BCUT2D eigenvalue weighted by molar-refractivity contribution is 4.89. The quantitative estimate of drug-likeness (QED) is 0.692. The van der Waals surface area contributed by atoms with Gasteiger partial charge in [-0.05, 0) is 43.9 Å². The molecule has 1 N–H and O–H groups in total. The molecule has 0 aromatic heterocycles. The van der Waals surface area contributed by atoms with Crippen LogP contribution in [-0.2, 0) is 0 Å². The molecule has 0 aromatic rings. The fraction of sp³-hybridized carbons (Fsp3) is 0.875. The van der Waals surface area contributed by atoms with Crippen LogP contribution in [0.2, 0.25) is 0 Å². The van der Waals surface area contributed by atoms with Gasteiger partial charge in [0.2, 0.25) is 0 Å². The van der Waals surface area contributed by atoms with Gasteiger partial charge < -0.3 is 5.32 Å². The first-order valence-electron chi connectivity index (χ1n) is 7.32. The lowest BCUT2D eigenvalue weighted by molar-refractivity contribution is 0.123. The van der Waals surface area contributed by atoms with E-state index in [2.05, 4.69) is 39.6 Å². The van der Waals surface area contributed by atoms with Gasteiger partial charge in [-0.25, -0.2) is 0 Å². The van der Waals surface area contributed by atoms with E-state index < -0.39 is 0 Å². The summed E-state index contributed by atoms with van der Waals surface area (Å²) < 4.78 is 0. The second-order valence-electron chi connectivity index (χ2n) is 6.80. The minimum absolute atomic E-state index is 0.441. The van der Waals surface area contributed by atoms with E-state index in [1.807, 2.05) is 6.08 Å². The molecule has 1 nitrogen and oxygen atoms in total. The third-order valence-electron chi connectivity index (χ3n) is 4.18. The van der Waals surface area contributed by atoms with Crippen LogP contribution in [0.1, 0.15) is 66.2 Å². The van der Waals surface area contributed by atoms with Gasteiger partial charge in [-0.1, -0.05) is 39.7 Å². The number of hydrogen-bond donors (Lipinski definition) is 1. The third-order valence-corrected chi connectivity index (χ3v) is 4.18. The Morgan fingerprint density at radius 1 is 1.29 bits per heavy atom. The van der Waals surface area contributed by atoms with E-state index >= 15 is 0 Å². The molecule has 0 aliphatic heterocycles. The van der Waals surface area contributed by atoms with Crippen molar-refractivity contribution in [1.29, 1.82) is 0 Å². The van der Waals surface area contributed by atoms with Gasteiger partial charge in [-0.3, -0.25) is 0 Å². The molecule has 0 aromatic carbocycles. The second-order valence-corrected chi connectivity index (χ2v) is 6.80. The van der Waals surface area contributed by atoms with E-state index in [1.165, 1.54) is 32.1 Å². The molecule has 1 aliphatic carbocycles. The first kappa shape index (κ1) is 14.8. The van der Waals surface area contributed by atoms with Crippen molar-refractivity contribution >= 4 is 0 Å². The van der Waals surface area contributed by atoms with Gasteiger partial charge in [0.05, 0.1) is 0 Å². The molecular formula is C16H31N. The largest absolute Gasteiger partial charge is 0.311 e. The monoisotopic (exact) mass is 237 g/mol. The highest BCUT2D eigenvalue weighted by Crippen LogP contribution is 2.38. The van der Waals surface area contributed by atoms with Gasteiger partial charge >= 0.3 is 0 Å². The summed E-state index contributed by atoms with van der Waals surface area (Å²) in [7, 11) is 0. The number of nitrogens with one attached hydrogen (secondary N) is 1. The highest BCUT2D eigenvalue weighted by atomic mass is 15.0. The zero-order chi connectivity index (χ0) is 12.9. The predicted molar refractivity (Wildman–Crippen MR) is 77.2 cm³/mol. The average molecular weight is 237 g/mol. The number of rotatable bonds is 5. The Kier molecular flexibility index (Phi) is 5.72. The van der Waals surface area contributed by atoms with Crippen molar-refractivity contribution in [2.24, 2.45) is 11.3 Å². The zero-order valence-electron chi connectivity index (χ0n) is 12.3. The lowest BCUT2D eigenvalue weighted by atomic mass is 9.69. The summed E-state index contributed by atoms with van der Waals surface area (Å²) in [6.45, 7) is 13.3. The van der Waals surface area contributed by atoms with Gasteiger partial charge in [0.25, 0.3) is 0 Å². The summed E-state index contributed by atoms with van der Waals surface area (Å²) in [4.78, 5) is 0. The minimum atomic E-state index is 0.441. The van der Waals surface area contributed by atoms with Crippen LogP contribution in [-0.4, -0.2) is 12.1 Å². The Hall–Kier alpha value is -0.300. The molecule has 100 valence electrons. The van der Waals surface area contributed by atoms with Crippen LogP contribution in [0.4, 0.5) is 0 Å². The molecule has 0 radical (unpaired) electrons. The van der Waals surface area contributed by atoms with Gasteiger partial charge in [0.1, 0.15) is 0 Å². The molecule has 3 atom stereocenters. The maximum atomic E-state index is 3.86. The Morgan fingerprint density at radius 2 is 1.94 bits per heavy atom. The first-order valence-corrected chi connectivity index (χ1v) is 7.32. The molecular weight excluding hydrogens is 206 g/mol. The van der Waals surface area contributed by atoms with Gasteiger partial charge in [0, 0.05) is 12.1 Å². The van der Waals surface area contributed by atoms with Crippen molar-refractivity contribution < 1.29 is 0 Å². The Bertz CT molecular complexity index is 226. The van der Waals surface area contributed by atoms with Crippen molar-refractivity contribution in [1.82, 2.24) is 5.32 Å². The molecule has 17 heavy (non-hydrogen) atoms.